The van der Waals surface area contributed by atoms with E-state index in [9.17, 15) is 4.79 Å². The summed E-state index contributed by atoms with van der Waals surface area (Å²) in [5.41, 5.74) is 1.48. The molecule has 3 heteroatoms. The highest BCUT2D eigenvalue weighted by atomic mass is 16.5. The van der Waals surface area contributed by atoms with Gasteiger partial charge in [-0.05, 0) is 37.1 Å². The third-order valence-corrected chi connectivity index (χ3v) is 2.41. The average Bonchev–Trinajstić information content (AvgIpc) is 2.66. The van der Waals surface area contributed by atoms with E-state index in [-0.39, 0.29) is 5.97 Å². The minimum atomic E-state index is -0.344. The molecule has 0 aromatic carbocycles. The zero-order valence-corrected chi connectivity index (χ0v) is 8.91. The number of carbonyl (C=O) groups is 1. The molecule has 1 aromatic rings. The van der Waals surface area contributed by atoms with Gasteiger partial charge in [-0.2, -0.15) is 0 Å². The van der Waals surface area contributed by atoms with Crippen molar-refractivity contribution in [3.05, 3.63) is 27.9 Å². The molecule has 1 aliphatic carbocycles. The van der Waals surface area contributed by atoms with Gasteiger partial charge in [0.05, 0.1) is 12.0 Å². The highest BCUT2D eigenvalue weighted by molar-refractivity contribution is 5.87. The third-order valence-electron chi connectivity index (χ3n) is 2.41. The standard InChI is InChI=1S/C12H13NO2/c1-3-15-12(14)11-7-8(2)9-5-4-6-10(9)13-11/h5-7H,3-4H2,1-2H3. The summed E-state index contributed by atoms with van der Waals surface area (Å²) < 4.78 is 4.92. The van der Waals surface area contributed by atoms with E-state index in [2.05, 4.69) is 11.1 Å². The highest BCUT2D eigenvalue weighted by Crippen LogP contribution is 1.99. The van der Waals surface area contributed by atoms with Crippen LogP contribution < -0.4 is 10.6 Å². The van der Waals surface area contributed by atoms with Crippen LogP contribution in [-0.4, -0.2) is 17.6 Å². The molecule has 78 valence electrons. The number of fused-ring (bicyclic) bond motifs is 1. The zero-order valence-electron chi connectivity index (χ0n) is 8.91. The average molecular weight is 203 g/mol. The van der Waals surface area contributed by atoms with Gasteiger partial charge in [-0.25, -0.2) is 9.78 Å². The molecule has 2 rings (SSSR count). The minimum Gasteiger partial charge on any atom is -0.461 e. The molecule has 1 aromatic heterocycles. The Bertz CT molecular complexity index is 517. The van der Waals surface area contributed by atoms with Crippen LogP contribution in [-0.2, 0) is 4.74 Å². The van der Waals surface area contributed by atoms with Gasteiger partial charge in [0, 0.05) is 0 Å². The second-order valence-corrected chi connectivity index (χ2v) is 3.49. The van der Waals surface area contributed by atoms with Crippen molar-refractivity contribution in [2.45, 2.75) is 20.3 Å². The summed E-state index contributed by atoms with van der Waals surface area (Å²) in [6.07, 6.45) is 5.03. The summed E-state index contributed by atoms with van der Waals surface area (Å²) in [4.78, 5) is 15.8. The number of nitrogens with zero attached hydrogens (tertiary/aromatic N) is 1. The highest BCUT2D eigenvalue weighted by Gasteiger charge is 2.10. The van der Waals surface area contributed by atoms with Gasteiger partial charge >= 0.3 is 5.97 Å². The van der Waals surface area contributed by atoms with E-state index in [1.54, 1.807) is 13.0 Å². The lowest BCUT2D eigenvalue weighted by atomic mass is 10.2. The lowest BCUT2D eigenvalue weighted by Gasteiger charge is -2.02. The summed E-state index contributed by atoms with van der Waals surface area (Å²) >= 11 is 0. The number of hydrogen-bond acceptors (Lipinski definition) is 3. The van der Waals surface area contributed by atoms with E-state index in [0.29, 0.717) is 12.3 Å². The van der Waals surface area contributed by atoms with Crippen molar-refractivity contribution in [3.63, 3.8) is 0 Å². The minimum absolute atomic E-state index is 0.344. The molecule has 0 N–H and O–H groups in total. The van der Waals surface area contributed by atoms with Gasteiger partial charge in [0.25, 0.3) is 0 Å². The van der Waals surface area contributed by atoms with Crippen LogP contribution in [0.2, 0.25) is 0 Å². The maximum absolute atomic E-state index is 11.5. The maximum atomic E-state index is 11.5. The van der Waals surface area contributed by atoms with Crippen molar-refractivity contribution in [2.24, 2.45) is 0 Å². The van der Waals surface area contributed by atoms with Crippen LogP contribution >= 0.6 is 0 Å². The van der Waals surface area contributed by atoms with Crippen LogP contribution in [0.5, 0.6) is 0 Å². The Morgan fingerprint density at radius 2 is 2.33 bits per heavy atom. The first-order chi connectivity index (χ1) is 7.22. The number of aromatic nitrogens is 1. The lowest BCUT2D eigenvalue weighted by molar-refractivity contribution is 0.0519. The number of carbonyl (C=O) groups excluding carboxylic acids is 1. The molecule has 0 aliphatic heterocycles. The molecule has 0 amide bonds. The third kappa shape index (κ3) is 1.77. The molecule has 15 heavy (non-hydrogen) atoms. The molecule has 1 heterocycles. The second-order valence-electron chi connectivity index (χ2n) is 3.49. The van der Waals surface area contributed by atoms with Crippen LogP contribution in [0, 0.1) is 6.92 Å². The van der Waals surface area contributed by atoms with Crippen molar-refractivity contribution in [3.8, 4) is 0 Å². The number of pyridine rings is 1. The van der Waals surface area contributed by atoms with E-state index in [0.717, 1.165) is 22.6 Å². The van der Waals surface area contributed by atoms with Gasteiger partial charge in [-0.3, -0.25) is 0 Å². The molecule has 0 atom stereocenters. The maximum Gasteiger partial charge on any atom is 0.356 e. The molecule has 0 saturated heterocycles. The molecule has 0 radical (unpaired) electrons. The zero-order chi connectivity index (χ0) is 10.8. The van der Waals surface area contributed by atoms with Crippen LogP contribution in [0.1, 0.15) is 29.4 Å². The van der Waals surface area contributed by atoms with E-state index in [1.165, 1.54) is 0 Å². The molecule has 0 saturated carbocycles. The molecule has 3 nitrogen and oxygen atoms in total. The summed E-state index contributed by atoms with van der Waals surface area (Å²) in [7, 11) is 0. The Hall–Kier alpha value is -1.64. The Kier molecular flexibility index (Phi) is 2.54. The van der Waals surface area contributed by atoms with Crippen molar-refractivity contribution in [1.29, 1.82) is 0 Å². The van der Waals surface area contributed by atoms with Crippen molar-refractivity contribution in [2.75, 3.05) is 6.61 Å². The largest absolute Gasteiger partial charge is 0.461 e. The van der Waals surface area contributed by atoms with Gasteiger partial charge < -0.3 is 4.74 Å². The number of ether oxygens (including phenoxy) is 1. The first-order valence-electron chi connectivity index (χ1n) is 5.07. The van der Waals surface area contributed by atoms with Crippen LogP contribution in [0.25, 0.3) is 12.2 Å². The van der Waals surface area contributed by atoms with Crippen LogP contribution in [0.4, 0.5) is 0 Å². The number of rotatable bonds is 2. The lowest BCUT2D eigenvalue weighted by Crippen LogP contribution is -2.30. The van der Waals surface area contributed by atoms with E-state index >= 15 is 0 Å². The molecule has 0 fully saturated rings. The SMILES string of the molecule is CCOC(=O)c1cc(C)c2c(n1)=CCC=2. The first-order valence-corrected chi connectivity index (χ1v) is 5.07. The smallest absolute Gasteiger partial charge is 0.356 e. The van der Waals surface area contributed by atoms with Crippen molar-refractivity contribution in [1.82, 2.24) is 4.98 Å². The molecule has 1 aliphatic rings. The van der Waals surface area contributed by atoms with Gasteiger partial charge in [0.15, 0.2) is 0 Å². The monoisotopic (exact) mass is 203 g/mol. The summed E-state index contributed by atoms with van der Waals surface area (Å²) in [6, 6.07) is 1.78. The second kappa shape index (κ2) is 3.85. The number of hydrogen-bond donors (Lipinski definition) is 0. The fourth-order valence-electron chi connectivity index (χ4n) is 1.73. The topological polar surface area (TPSA) is 39.2 Å². The number of esters is 1. The Balaban J connectivity index is 2.50. The van der Waals surface area contributed by atoms with Gasteiger partial charge in [-0.1, -0.05) is 12.2 Å². The first kappa shape index (κ1) is 9.90. The van der Waals surface area contributed by atoms with Gasteiger partial charge in [0.2, 0.25) is 0 Å². The fraction of sp³-hybridized carbons (Fsp3) is 0.333. The summed E-state index contributed by atoms with van der Waals surface area (Å²) in [5.74, 6) is -0.344. The predicted octanol–water partition coefficient (Wildman–Crippen LogP) is 0.531. The molecule has 0 bridgehead atoms. The quantitative estimate of drug-likeness (QED) is 0.658. The number of aryl methyl sites for hydroxylation is 1. The molecular formula is C12H13NO2. The van der Waals surface area contributed by atoms with Gasteiger partial charge in [-0.15, -0.1) is 0 Å². The molecule has 0 spiro atoms. The van der Waals surface area contributed by atoms with E-state index in [1.807, 2.05) is 13.0 Å². The summed E-state index contributed by atoms with van der Waals surface area (Å²) in [6.45, 7) is 4.16. The summed E-state index contributed by atoms with van der Waals surface area (Å²) in [5, 5.41) is 2.04. The van der Waals surface area contributed by atoms with E-state index in [4.69, 9.17) is 4.74 Å². The van der Waals surface area contributed by atoms with Crippen molar-refractivity contribution < 1.29 is 9.53 Å². The van der Waals surface area contributed by atoms with Crippen molar-refractivity contribution >= 4 is 18.1 Å². The Morgan fingerprint density at radius 3 is 3.07 bits per heavy atom. The predicted molar refractivity (Wildman–Crippen MR) is 57.7 cm³/mol. The Labute approximate surface area is 88.1 Å². The molecular weight excluding hydrogens is 190 g/mol. The fourth-order valence-corrected chi connectivity index (χ4v) is 1.73. The Morgan fingerprint density at radius 1 is 1.53 bits per heavy atom. The van der Waals surface area contributed by atoms with Crippen LogP contribution in [0.3, 0.4) is 0 Å². The van der Waals surface area contributed by atoms with E-state index < -0.39 is 0 Å². The van der Waals surface area contributed by atoms with Gasteiger partial charge in [0.1, 0.15) is 5.69 Å². The normalized spacial score (nSPS) is 12.7. The van der Waals surface area contributed by atoms with Crippen LogP contribution in [0.15, 0.2) is 6.07 Å². The molecule has 0 unspecified atom stereocenters.